The summed E-state index contributed by atoms with van der Waals surface area (Å²) < 4.78 is 7.34. The number of carbonyl (C=O) groups is 2. The lowest BCUT2D eigenvalue weighted by Gasteiger charge is -2.05. The minimum absolute atomic E-state index is 0.834. The van der Waals surface area contributed by atoms with Gasteiger partial charge in [-0.05, 0) is 48.0 Å². The lowest BCUT2D eigenvalue weighted by atomic mass is 10.2. The molecule has 0 radical (unpaired) electrons. The standard InChI is InChI=1S/C21H17N3O.C2H2O4/c1-25-17-8-6-7-16(15-17)12-13-21-23-18-9-2-3-10-19(18)24(21)20-11-4-5-14-22-20;3-1(4)2(5)6/h2-15H,1H3;(H,3,4)(H,5,6)/b13-12+;. The summed E-state index contributed by atoms with van der Waals surface area (Å²) >= 11 is 0. The predicted octanol–water partition coefficient (Wildman–Crippen LogP) is 3.76. The van der Waals surface area contributed by atoms with E-state index < -0.39 is 11.9 Å². The third-order valence-corrected chi connectivity index (χ3v) is 4.17. The van der Waals surface area contributed by atoms with E-state index in [1.54, 1.807) is 13.3 Å². The fraction of sp³-hybridized carbons (Fsp3) is 0.0435. The number of hydrogen-bond acceptors (Lipinski definition) is 5. The Bertz CT molecular complexity index is 1220. The molecule has 2 aromatic carbocycles. The molecule has 0 saturated heterocycles. The number of carboxylic acids is 2. The van der Waals surface area contributed by atoms with Crippen molar-refractivity contribution < 1.29 is 24.5 Å². The van der Waals surface area contributed by atoms with Crippen LogP contribution in [0.3, 0.4) is 0 Å². The van der Waals surface area contributed by atoms with Gasteiger partial charge in [0.1, 0.15) is 17.4 Å². The normalized spacial score (nSPS) is 10.5. The first-order valence-electron chi connectivity index (χ1n) is 9.17. The number of benzene rings is 2. The van der Waals surface area contributed by atoms with Crippen LogP contribution in [-0.2, 0) is 9.59 Å². The van der Waals surface area contributed by atoms with Crippen molar-refractivity contribution in [3.8, 4) is 11.6 Å². The van der Waals surface area contributed by atoms with E-state index in [0.717, 1.165) is 34.0 Å². The average Bonchev–Trinajstić information content (AvgIpc) is 3.17. The van der Waals surface area contributed by atoms with E-state index in [-0.39, 0.29) is 0 Å². The van der Waals surface area contributed by atoms with Gasteiger partial charge in [0, 0.05) is 6.20 Å². The Morgan fingerprint density at radius 1 is 0.935 bits per heavy atom. The zero-order valence-corrected chi connectivity index (χ0v) is 16.5. The van der Waals surface area contributed by atoms with Crippen molar-refractivity contribution in [2.24, 2.45) is 0 Å². The molecule has 0 aliphatic heterocycles. The summed E-state index contributed by atoms with van der Waals surface area (Å²) in [7, 11) is 1.67. The quantitative estimate of drug-likeness (QED) is 0.486. The van der Waals surface area contributed by atoms with Crippen LogP contribution in [-0.4, -0.2) is 43.8 Å². The zero-order chi connectivity index (χ0) is 22.2. The zero-order valence-electron chi connectivity index (χ0n) is 16.5. The maximum Gasteiger partial charge on any atom is 0.414 e. The maximum absolute atomic E-state index is 9.10. The molecule has 4 aromatic rings. The van der Waals surface area contributed by atoms with Crippen molar-refractivity contribution in [2.45, 2.75) is 0 Å². The molecule has 8 nitrogen and oxygen atoms in total. The number of methoxy groups -OCH3 is 1. The Balaban J connectivity index is 0.000000401. The predicted molar refractivity (Wildman–Crippen MR) is 116 cm³/mol. The van der Waals surface area contributed by atoms with Gasteiger partial charge in [-0.2, -0.15) is 0 Å². The molecule has 156 valence electrons. The number of para-hydroxylation sites is 2. The number of ether oxygens (including phenoxy) is 1. The average molecular weight is 417 g/mol. The van der Waals surface area contributed by atoms with Crippen LogP contribution in [0.25, 0.3) is 29.0 Å². The SMILES string of the molecule is COc1cccc(/C=C/c2nc3ccccc3n2-c2ccccn2)c1.O=C(O)C(=O)O. The summed E-state index contributed by atoms with van der Waals surface area (Å²) in [6.45, 7) is 0. The topological polar surface area (TPSA) is 115 Å². The molecule has 2 heterocycles. The minimum atomic E-state index is -1.82. The lowest BCUT2D eigenvalue weighted by molar-refractivity contribution is -0.159. The number of aliphatic carboxylic acids is 2. The van der Waals surface area contributed by atoms with Gasteiger partial charge in [0.25, 0.3) is 0 Å². The highest BCUT2D eigenvalue weighted by atomic mass is 16.5. The number of nitrogens with zero attached hydrogens (tertiary/aromatic N) is 3. The first-order chi connectivity index (χ1) is 15.0. The largest absolute Gasteiger partial charge is 0.497 e. The van der Waals surface area contributed by atoms with Gasteiger partial charge in [-0.25, -0.2) is 19.6 Å². The number of carboxylic acid groups (broad SMARTS) is 2. The molecule has 0 aliphatic rings. The molecule has 0 atom stereocenters. The first kappa shape index (κ1) is 21.3. The monoisotopic (exact) mass is 417 g/mol. The van der Waals surface area contributed by atoms with E-state index in [4.69, 9.17) is 29.5 Å². The van der Waals surface area contributed by atoms with Gasteiger partial charge in [-0.1, -0.05) is 36.4 Å². The van der Waals surface area contributed by atoms with Crippen LogP contribution in [0.1, 0.15) is 11.4 Å². The molecule has 2 aromatic heterocycles. The highest BCUT2D eigenvalue weighted by Gasteiger charge is 2.10. The van der Waals surface area contributed by atoms with Crippen LogP contribution in [0.5, 0.6) is 5.75 Å². The van der Waals surface area contributed by atoms with Crippen LogP contribution >= 0.6 is 0 Å². The molecule has 0 amide bonds. The maximum atomic E-state index is 9.10. The molecule has 0 fully saturated rings. The summed E-state index contributed by atoms with van der Waals surface area (Å²) in [6, 6.07) is 21.9. The van der Waals surface area contributed by atoms with Crippen molar-refractivity contribution in [2.75, 3.05) is 7.11 Å². The molecule has 4 rings (SSSR count). The van der Waals surface area contributed by atoms with Crippen molar-refractivity contribution in [3.63, 3.8) is 0 Å². The number of hydrogen-bond donors (Lipinski definition) is 2. The molecule has 0 aliphatic carbocycles. The number of fused-ring (bicyclic) bond motifs is 1. The highest BCUT2D eigenvalue weighted by Crippen LogP contribution is 2.22. The molecule has 0 saturated carbocycles. The summed E-state index contributed by atoms with van der Waals surface area (Å²) in [5.74, 6) is -1.13. The van der Waals surface area contributed by atoms with Gasteiger partial charge in [0.05, 0.1) is 18.1 Å². The Morgan fingerprint density at radius 3 is 2.35 bits per heavy atom. The van der Waals surface area contributed by atoms with Crippen LogP contribution in [0.2, 0.25) is 0 Å². The van der Waals surface area contributed by atoms with Gasteiger partial charge < -0.3 is 14.9 Å². The Labute approximate surface area is 177 Å². The molecular formula is C23H19N3O5. The van der Waals surface area contributed by atoms with Crippen molar-refractivity contribution in [1.82, 2.24) is 14.5 Å². The van der Waals surface area contributed by atoms with Gasteiger partial charge in [0.2, 0.25) is 0 Å². The van der Waals surface area contributed by atoms with E-state index in [0.29, 0.717) is 0 Å². The van der Waals surface area contributed by atoms with Crippen molar-refractivity contribution >= 4 is 35.1 Å². The number of imidazole rings is 1. The number of rotatable bonds is 4. The first-order valence-corrected chi connectivity index (χ1v) is 9.17. The summed E-state index contributed by atoms with van der Waals surface area (Å²) in [5, 5.41) is 14.8. The van der Waals surface area contributed by atoms with E-state index in [9.17, 15) is 0 Å². The van der Waals surface area contributed by atoms with Crippen LogP contribution in [0, 0.1) is 0 Å². The summed E-state index contributed by atoms with van der Waals surface area (Å²) in [4.78, 5) is 27.4. The number of aromatic nitrogens is 3. The second kappa shape index (κ2) is 9.84. The third-order valence-electron chi connectivity index (χ3n) is 4.17. The lowest BCUT2D eigenvalue weighted by Crippen LogP contribution is -2.09. The van der Waals surface area contributed by atoms with Gasteiger partial charge >= 0.3 is 11.9 Å². The van der Waals surface area contributed by atoms with Gasteiger partial charge in [-0.3, -0.25) is 4.57 Å². The molecule has 0 spiro atoms. The molecule has 0 bridgehead atoms. The van der Waals surface area contributed by atoms with Crippen molar-refractivity contribution in [3.05, 3.63) is 84.3 Å². The van der Waals surface area contributed by atoms with Gasteiger partial charge in [-0.15, -0.1) is 0 Å². The fourth-order valence-electron chi connectivity index (χ4n) is 2.80. The second-order valence-corrected chi connectivity index (χ2v) is 6.20. The summed E-state index contributed by atoms with van der Waals surface area (Å²) in [5.41, 5.74) is 3.03. The fourth-order valence-corrected chi connectivity index (χ4v) is 2.80. The molecule has 2 N–H and O–H groups in total. The molecule has 8 heteroatoms. The van der Waals surface area contributed by atoms with Crippen LogP contribution in [0.15, 0.2) is 72.9 Å². The van der Waals surface area contributed by atoms with E-state index in [1.165, 1.54) is 0 Å². The highest BCUT2D eigenvalue weighted by molar-refractivity contribution is 6.27. The molecule has 0 unspecified atom stereocenters. The third kappa shape index (κ3) is 5.33. The van der Waals surface area contributed by atoms with Crippen LogP contribution in [0.4, 0.5) is 0 Å². The Kier molecular flexibility index (Phi) is 6.74. The summed E-state index contributed by atoms with van der Waals surface area (Å²) in [6.07, 6.45) is 5.83. The van der Waals surface area contributed by atoms with E-state index in [1.807, 2.05) is 72.8 Å². The Morgan fingerprint density at radius 2 is 1.68 bits per heavy atom. The van der Waals surface area contributed by atoms with Crippen molar-refractivity contribution in [1.29, 1.82) is 0 Å². The minimum Gasteiger partial charge on any atom is -0.497 e. The molecule has 31 heavy (non-hydrogen) atoms. The van der Waals surface area contributed by atoms with Gasteiger partial charge in [0.15, 0.2) is 0 Å². The molecular weight excluding hydrogens is 398 g/mol. The smallest absolute Gasteiger partial charge is 0.414 e. The van der Waals surface area contributed by atoms with E-state index in [2.05, 4.69) is 15.6 Å². The van der Waals surface area contributed by atoms with E-state index >= 15 is 0 Å². The van der Waals surface area contributed by atoms with Crippen LogP contribution < -0.4 is 4.74 Å². The Hall–Kier alpha value is -4.46. The number of pyridine rings is 1. The second-order valence-electron chi connectivity index (χ2n) is 6.20.